The lowest BCUT2D eigenvalue weighted by Crippen LogP contribution is -2.63. The summed E-state index contributed by atoms with van der Waals surface area (Å²) in [5.74, 6) is 1.62. The lowest BCUT2D eigenvalue weighted by Gasteiger charge is -2.65. The van der Waals surface area contributed by atoms with E-state index in [1.807, 2.05) is 25.7 Å². The van der Waals surface area contributed by atoms with Gasteiger partial charge in [0, 0.05) is 18.3 Å². The summed E-state index contributed by atoms with van der Waals surface area (Å²) in [7, 11) is 0. The predicted molar refractivity (Wildman–Crippen MR) is 102 cm³/mol. The van der Waals surface area contributed by atoms with Gasteiger partial charge >= 0.3 is 6.09 Å². The third-order valence-corrected chi connectivity index (χ3v) is 6.79. The van der Waals surface area contributed by atoms with Crippen LogP contribution in [0.5, 0.6) is 0 Å². The van der Waals surface area contributed by atoms with Crippen molar-refractivity contribution in [1.29, 1.82) is 0 Å². The highest BCUT2D eigenvalue weighted by Gasteiger charge is 2.61. The fraction of sp³-hybridized carbons (Fsp3) is 0.682. The minimum absolute atomic E-state index is 0.172. The number of amides is 1. The molecule has 2 bridgehead atoms. The maximum atomic E-state index is 12.9. The average molecular weight is 354 g/mol. The molecule has 4 saturated carbocycles. The van der Waals surface area contributed by atoms with Crippen LogP contribution in [-0.2, 0) is 11.3 Å². The molecule has 0 aromatic heterocycles. The molecule has 0 saturated heterocycles. The van der Waals surface area contributed by atoms with E-state index < -0.39 is 5.60 Å². The van der Waals surface area contributed by atoms with Crippen LogP contribution >= 0.6 is 0 Å². The minimum atomic E-state index is -0.457. The first-order valence-electron chi connectivity index (χ1n) is 10.2. The van der Waals surface area contributed by atoms with E-state index in [2.05, 4.69) is 23.5 Å². The van der Waals surface area contributed by atoms with Gasteiger partial charge in [-0.2, -0.15) is 0 Å². The maximum Gasteiger partial charge on any atom is 0.410 e. The van der Waals surface area contributed by atoms with Gasteiger partial charge in [-0.05, 0) is 87.3 Å². The quantitative estimate of drug-likeness (QED) is 0.822. The number of benzene rings is 1. The van der Waals surface area contributed by atoms with Crippen LogP contribution in [0.25, 0.3) is 0 Å². The van der Waals surface area contributed by atoms with Gasteiger partial charge in [0.1, 0.15) is 5.60 Å². The Morgan fingerprint density at radius 2 is 1.96 bits per heavy atom. The standard InChI is InChI=1S/C22H30N2O2/c1-21(2,3)26-20(25)24-12-17-16(15-7-8-15)5-4-6-18(17)23-19(13-24)22-9-14(10-22)11-22/h4-6,14-15,19,23H,7-13H2,1-3H3. The van der Waals surface area contributed by atoms with Crippen molar-refractivity contribution in [3.8, 4) is 0 Å². The lowest BCUT2D eigenvalue weighted by molar-refractivity contribution is -0.123. The number of ether oxygens (including phenoxy) is 1. The van der Waals surface area contributed by atoms with Gasteiger partial charge < -0.3 is 15.0 Å². The number of anilines is 1. The van der Waals surface area contributed by atoms with Crippen molar-refractivity contribution in [3.05, 3.63) is 29.3 Å². The van der Waals surface area contributed by atoms with Crippen LogP contribution in [0.2, 0.25) is 0 Å². The van der Waals surface area contributed by atoms with Crippen molar-refractivity contribution in [1.82, 2.24) is 4.90 Å². The first kappa shape index (κ1) is 16.5. The van der Waals surface area contributed by atoms with Gasteiger partial charge in [-0.1, -0.05) is 12.1 Å². The van der Waals surface area contributed by atoms with Crippen LogP contribution in [0.15, 0.2) is 18.2 Å². The largest absolute Gasteiger partial charge is 0.444 e. The van der Waals surface area contributed by atoms with Gasteiger partial charge in [0.15, 0.2) is 0 Å². The fourth-order valence-corrected chi connectivity index (χ4v) is 5.19. The lowest BCUT2D eigenvalue weighted by atomic mass is 9.41. The molecule has 1 N–H and O–H groups in total. The molecule has 1 atom stereocenters. The van der Waals surface area contributed by atoms with Gasteiger partial charge in [0.2, 0.25) is 0 Å². The normalized spacial score (nSPS) is 32.5. The second kappa shape index (κ2) is 5.40. The summed E-state index contributed by atoms with van der Waals surface area (Å²) < 4.78 is 5.75. The molecule has 1 amide bonds. The summed E-state index contributed by atoms with van der Waals surface area (Å²) in [6.07, 6.45) is 6.35. The molecule has 1 heterocycles. The molecule has 4 aliphatic carbocycles. The predicted octanol–water partition coefficient (Wildman–Crippen LogP) is 4.90. The number of nitrogens with one attached hydrogen (secondary N) is 1. The third kappa shape index (κ3) is 2.69. The number of carbonyl (C=O) groups is 1. The van der Waals surface area contributed by atoms with E-state index in [1.165, 1.54) is 48.9 Å². The summed E-state index contributed by atoms with van der Waals surface area (Å²) in [5, 5.41) is 3.86. The number of rotatable bonds is 2. The van der Waals surface area contributed by atoms with Crippen molar-refractivity contribution < 1.29 is 9.53 Å². The molecule has 1 aliphatic heterocycles. The summed E-state index contributed by atoms with van der Waals surface area (Å²) in [6.45, 7) is 7.26. The zero-order valence-corrected chi connectivity index (χ0v) is 16.2. The molecule has 0 radical (unpaired) electrons. The second-order valence-corrected chi connectivity index (χ2v) is 10.0. The molecule has 0 spiro atoms. The Morgan fingerprint density at radius 1 is 1.23 bits per heavy atom. The van der Waals surface area contributed by atoms with Crippen molar-refractivity contribution in [2.75, 3.05) is 11.9 Å². The Labute approximate surface area is 156 Å². The van der Waals surface area contributed by atoms with Crippen LogP contribution in [0.4, 0.5) is 10.5 Å². The Morgan fingerprint density at radius 3 is 2.54 bits per heavy atom. The SMILES string of the molecule is CC(C)(C)OC(=O)N1Cc2c(cccc2C2CC2)NC(C23CC(C2)C3)C1. The summed E-state index contributed by atoms with van der Waals surface area (Å²) >= 11 is 0. The zero-order valence-electron chi connectivity index (χ0n) is 16.2. The van der Waals surface area contributed by atoms with Crippen molar-refractivity contribution in [3.63, 3.8) is 0 Å². The minimum Gasteiger partial charge on any atom is -0.444 e. The molecule has 26 heavy (non-hydrogen) atoms. The highest BCUT2D eigenvalue weighted by atomic mass is 16.6. The fourth-order valence-electron chi connectivity index (χ4n) is 5.19. The van der Waals surface area contributed by atoms with E-state index in [0.717, 1.165) is 12.5 Å². The monoisotopic (exact) mass is 354 g/mol. The number of nitrogens with zero attached hydrogens (tertiary/aromatic N) is 1. The topological polar surface area (TPSA) is 41.6 Å². The number of carbonyl (C=O) groups excluding carboxylic acids is 1. The van der Waals surface area contributed by atoms with E-state index in [4.69, 9.17) is 4.74 Å². The number of hydrogen-bond donors (Lipinski definition) is 1. The third-order valence-electron chi connectivity index (χ3n) is 6.79. The van der Waals surface area contributed by atoms with Crippen LogP contribution in [-0.4, -0.2) is 29.2 Å². The Kier molecular flexibility index (Phi) is 3.42. The van der Waals surface area contributed by atoms with Gasteiger partial charge in [0.25, 0.3) is 0 Å². The van der Waals surface area contributed by atoms with Crippen LogP contribution < -0.4 is 5.32 Å². The van der Waals surface area contributed by atoms with Crippen molar-refractivity contribution in [2.45, 2.75) is 77.0 Å². The molecule has 4 fully saturated rings. The highest BCUT2D eigenvalue weighted by molar-refractivity contribution is 5.70. The van der Waals surface area contributed by atoms with Crippen molar-refractivity contribution in [2.24, 2.45) is 11.3 Å². The Bertz CT molecular complexity index is 730. The Hall–Kier alpha value is -1.71. The van der Waals surface area contributed by atoms with Crippen LogP contribution in [0.1, 0.15) is 69.9 Å². The molecule has 1 unspecified atom stereocenters. The molecule has 5 aliphatic rings. The second-order valence-electron chi connectivity index (χ2n) is 10.0. The Balaban J connectivity index is 1.48. The number of hydrogen-bond acceptors (Lipinski definition) is 3. The van der Waals surface area contributed by atoms with Crippen LogP contribution in [0, 0.1) is 11.3 Å². The zero-order chi connectivity index (χ0) is 18.1. The molecule has 4 heteroatoms. The van der Waals surface area contributed by atoms with Gasteiger partial charge in [-0.15, -0.1) is 0 Å². The van der Waals surface area contributed by atoms with Gasteiger partial charge in [-0.3, -0.25) is 0 Å². The molecular formula is C22H30N2O2. The van der Waals surface area contributed by atoms with Gasteiger partial charge in [-0.25, -0.2) is 4.79 Å². The van der Waals surface area contributed by atoms with E-state index in [-0.39, 0.29) is 6.09 Å². The first-order chi connectivity index (χ1) is 12.3. The smallest absolute Gasteiger partial charge is 0.410 e. The molecular weight excluding hydrogens is 324 g/mol. The van der Waals surface area contributed by atoms with Gasteiger partial charge in [0.05, 0.1) is 6.54 Å². The molecule has 140 valence electrons. The van der Waals surface area contributed by atoms with E-state index in [1.54, 1.807) is 0 Å². The molecule has 1 aromatic rings. The first-order valence-corrected chi connectivity index (χ1v) is 10.2. The van der Waals surface area contributed by atoms with Crippen LogP contribution in [0.3, 0.4) is 0 Å². The van der Waals surface area contributed by atoms with E-state index >= 15 is 0 Å². The van der Waals surface area contributed by atoms with E-state index in [9.17, 15) is 4.79 Å². The molecule has 4 nitrogen and oxygen atoms in total. The highest BCUT2D eigenvalue weighted by Crippen LogP contribution is 2.66. The average Bonchev–Trinajstić information content (AvgIpc) is 3.27. The molecule has 6 rings (SSSR count). The maximum absolute atomic E-state index is 12.9. The number of fused-ring (bicyclic) bond motifs is 1. The summed E-state index contributed by atoms with van der Waals surface area (Å²) in [4.78, 5) is 14.9. The molecule has 1 aromatic carbocycles. The summed E-state index contributed by atoms with van der Waals surface area (Å²) in [6, 6.07) is 6.99. The van der Waals surface area contributed by atoms with E-state index in [0.29, 0.717) is 23.9 Å². The summed E-state index contributed by atoms with van der Waals surface area (Å²) in [5.41, 5.74) is 3.94. The van der Waals surface area contributed by atoms with Crippen molar-refractivity contribution >= 4 is 11.8 Å².